The van der Waals surface area contributed by atoms with E-state index in [9.17, 15) is 4.79 Å². The summed E-state index contributed by atoms with van der Waals surface area (Å²) in [6, 6.07) is 13.2. The molecule has 0 unspecified atom stereocenters. The van der Waals surface area contributed by atoms with E-state index in [2.05, 4.69) is 5.32 Å². The zero-order valence-electron chi connectivity index (χ0n) is 15.2. The summed E-state index contributed by atoms with van der Waals surface area (Å²) in [7, 11) is 3.18. The van der Waals surface area contributed by atoms with Crippen molar-refractivity contribution < 1.29 is 19.0 Å². The molecule has 1 atom stereocenters. The average Bonchev–Trinajstić information content (AvgIpc) is 2.63. The van der Waals surface area contributed by atoms with E-state index in [1.165, 1.54) is 0 Å². The standard InChI is InChI=1S/C20H25NO4/c1-5-17(25-16-8-6-7-14(2)11-16)20(22)21-13-15-9-10-18(23-3)19(12-15)24-4/h6-12,17H,5,13H2,1-4H3,(H,21,22)/t17-/m0/s1. The molecule has 0 aliphatic carbocycles. The lowest BCUT2D eigenvalue weighted by molar-refractivity contribution is -0.128. The Morgan fingerprint density at radius 1 is 1.08 bits per heavy atom. The fourth-order valence-corrected chi connectivity index (χ4v) is 2.47. The number of aryl methyl sites for hydroxylation is 1. The van der Waals surface area contributed by atoms with Crippen molar-refractivity contribution in [3.8, 4) is 17.2 Å². The van der Waals surface area contributed by atoms with Crippen LogP contribution in [0.3, 0.4) is 0 Å². The molecule has 0 saturated carbocycles. The van der Waals surface area contributed by atoms with Gasteiger partial charge in [0.25, 0.3) is 5.91 Å². The second kappa shape index (κ2) is 8.97. The number of amides is 1. The van der Waals surface area contributed by atoms with E-state index in [-0.39, 0.29) is 5.91 Å². The van der Waals surface area contributed by atoms with Crippen molar-refractivity contribution in [1.29, 1.82) is 0 Å². The fourth-order valence-electron chi connectivity index (χ4n) is 2.47. The van der Waals surface area contributed by atoms with E-state index in [1.807, 2.05) is 56.3 Å². The Morgan fingerprint density at radius 2 is 1.84 bits per heavy atom. The molecule has 0 aliphatic rings. The van der Waals surface area contributed by atoms with E-state index in [0.29, 0.717) is 30.2 Å². The summed E-state index contributed by atoms with van der Waals surface area (Å²) in [5.74, 6) is 1.86. The highest BCUT2D eigenvalue weighted by molar-refractivity contribution is 5.81. The molecule has 25 heavy (non-hydrogen) atoms. The first-order valence-electron chi connectivity index (χ1n) is 8.29. The summed E-state index contributed by atoms with van der Waals surface area (Å²) in [5.41, 5.74) is 2.02. The first-order valence-corrected chi connectivity index (χ1v) is 8.29. The molecule has 5 nitrogen and oxygen atoms in total. The third-order valence-corrected chi connectivity index (χ3v) is 3.85. The van der Waals surface area contributed by atoms with Crippen LogP contribution in [0, 0.1) is 6.92 Å². The fraction of sp³-hybridized carbons (Fsp3) is 0.350. The monoisotopic (exact) mass is 343 g/mol. The highest BCUT2D eigenvalue weighted by Crippen LogP contribution is 2.27. The van der Waals surface area contributed by atoms with Crippen LogP contribution < -0.4 is 19.5 Å². The van der Waals surface area contributed by atoms with Gasteiger partial charge >= 0.3 is 0 Å². The number of carbonyl (C=O) groups is 1. The van der Waals surface area contributed by atoms with Crippen LogP contribution >= 0.6 is 0 Å². The van der Waals surface area contributed by atoms with Crippen molar-refractivity contribution in [3.63, 3.8) is 0 Å². The number of methoxy groups -OCH3 is 2. The van der Waals surface area contributed by atoms with Crippen LogP contribution in [0.1, 0.15) is 24.5 Å². The summed E-state index contributed by atoms with van der Waals surface area (Å²) in [6.45, 7) is 4.31. The summed E-state index contributed by atoms with van der Waals surface area (Å²) in [4.78, 5) is 12.4. The molecule has 0 saturated heterocycles. The first kappa shape index (κ1) is 18.6. The minimum atomic E-state index is -0.526. The molecule has 2 aromatic carbocycles. The van der Waals surface area contributed by atoms with Gasteiger partial charge < -0.3 is 19.5 Å². The highest BCUT2D eigenvalue weighted by atomic mass is 16.5. The summed E-state index contributed by atoms with van der Waals surface area (Å²) >= 11 is 0. The number of carbonyl (C=O) groups excluding carboxylic acids is 1. The molecule has 2 aromatic rings. The Bertz CT molecular complexity index is 715. The molecule has 0 bridgehead atoms. The summed E-state index contributed by atoms with van der Waals surface area (Å²) < 4.78 is 16.3. The SMILES string of the molecule is CC[C@H](Oc1cccc(C)c1)C(=O)NCc1ccc(OC)c(OC)c1. The molecule has 0 spiro atoms. The lowest BCUT2D eigenvalue weighted by Gasteiger charge is -2.18. The van der Waals surface area contributed by atoms with Gasteiger partial charge in [0.15, 0.2) is 17.6 Å². The molecule has 0 radical (unpaired) electrons. The number of benzene rings is 2. The van der Waals surface area contributed by atoms with E-state index >= 15 is 0 Å². The maximum atomic E-state index is 12.4. The number of hydrogen-bond acceptors (Lipinski definition) is 4. The molecule has 1 N–H and O–H groups in total. The topological polar surface area (TPSA) is 56.8 Å². The Balaban J connectivity index is 1.98. The minimum absolute atomic E-state index is 0.140. The third kappa shape index (κ3) is 5.14. The Hall–Kier alpha value is -2.69. The average molecular weight is 343 g/mol. The minimum Gasteiger partial charge on any atom is -0.493 e. The predicted octanol–water partition coefficient (Wildman–Crippen LogP) is 3.49. The summed E-state index contributed by atoms with van der Waals surface area (Å²) in [5, 5.41) is 2.91. The van der Waals surface area contributed by atoms with Gasteiger partial charge in [-0.1, -0.05) is 25.1 Å². The second-order valence-corrected chi connectivity index (χ2v) is 5.74. The van der Waals surface area contributed by atoms with Crippen molar-refractivity contribution in [2.75, 3.05) is 14.2 Å². The van der Waals surface area contributed by atoms with Crippen molar-refractivity contribution in [3.05, 3.63) is 53.6 Å². The highest BCUT2D eigenvalue weighted by Gasteiger charge is 2.18. The predicted molar refractivity (Wildman–Crippen MR) is 97.3 cm³/mol. The van der Waals surface area contributed by atoms with E-state index in [0.717, 1.165) is 11.1 Å². The van der Waals surface area contributed by atoms with Crippen LogP contribution in [0.4, 0.5) is 0 Å². The molecular weight excluding hydrogens is 318 g/mol. The molecule has 134 valence electrons. The molecule has 0 heterocycles. The normalized spacial score (nSPS) is 11.5. The molecule has 5 heteroatoms. The van der Waals surface area contributed by atoms with Gasteiger partial charge in [0.2, 0.25) is 0 Å². The van der Waals surface area contributed by atoms with Gasteiger partial charge in [0.1, 0.15) is 5.75 Å². The van der Waals surface area contributed by atoms with Crippen LogP contribution in [0.15, 0.2) is 42.5 Å². The first-order chi connectivity index (χ1) is 12.1. The zero-order valence-corrected chi connectivity index (χ0v) is 15.2. The number of ether oxygens (including phenoxy) is 3. The smallest absolute Gasteiger partial charge is 0.261 e. The van der Waals surface area contributed by atoms with Gasteiger partial charge in [-0.15, -0.1) is 0 Å². The quantitative estimate of drug-likeness (QED) is 0.797. The van der Waals surface area contributed by atoms with Crippen molar-refractivity contribution in [2.45, 2.75) is 32.9 Å². The number of nitrogens with one attached hydrogen (secondary N) is 1. The van der Waals surface area contributed by atoms with Crippen LogP contribution in [0.5, 0.6) is 17.2 Å². The molecule has 1 amide bonds. The van der Waals surface area contributed by atoms with Crippen LogP contribution in [-0.2, 0) is 11.3 Å². The lowest BCUT2D eigenvalue weighted by Crippen LogP contribution is -2.37. The lowest BCUT2D eigenvalue weighted by atomic mass is 10.2. The zero-order chi connectivity index (χ0) is 18.2. The number of rotatable bonds is 8. The molecular formula is C20H25NO4. The van der Waals surface area contributed by atoms with Crippen LogP contribution in [0.25, 0.3) is 0 Å². The maximum absolute atomic E-state index is 12.4. The van der Waals surface area contributed by atoms with Gasteiger partial charge in [-0.2, -0.15) is 0 Å². The Labute approximate surface area is 148 Å². The van der Waals surface area contributed by atoms with E-state index in [1.54, 1.807) is 14.2 Å². The largest absolute Gasteiger partial charge is 0.493 e. The van der Waals surface area contributed by atoms with Crippen LogP contribution in [-0.4, -0.2) is 26.2 Å². The second-order valence-electron chi connectivity index (χ2n) is 5.74. The Kier molecular flexibility index (Phi) is 6.69. The van der Waals surface area contributed by atoms with Crippen molar-refractivity contribution in [2.24, 2.45) is 0 Å². The van der Waals surface area contributed by atoms with E-state index in [4.69, 9.17) is 14.2 Å². The van der Waals surface area contributed by atoms with Gasteiger partial charge in [-0.3, -0.25) is 4.79 Å². The summed E-state index contributed by atoms with van der Waals surface area (Å²) in [6.07, 6.45) is 0.0630. The molecule has 0 fully saturated rings. The van der Waals surface area contributed by atoms with Gasteiger partial charge in [0, 0.05) is 6.54 Å². The molecule has 0 aliphatic heterocycles. The van der Waals surface area contributed by atoms with Gasteiger partial charge in [-0.25, -0.2) is 0 Å². The van der Waals surface area contributed by atoms with Crippen molar-refractivity contribution in [1.82, 2.24) is 5.32 Å². The maximum Gasteiger partial charge on any atom is 0.261 e. The van der Waals surface area contributed by atoms with Crippen molar-refractivity contribution >= 4 is 5.91 Å². The van der Waals surface area contributed by atoms with Crippen LogP contribution in [0.2, 0.25) is 0 Å². The Morgan fingerprint density at radius 3 is 2.48 bits per heavy atom. The van der Waals surface area contributed by atoms with E-state index < -0.39 is 6.10 Å². The molecule has 2 rings (SSSR count). The van der Waals surface area contributed by atoms with Gasteiger partial charge in [-0.05, 0) is 48.7 Å². The number of hydrogen-bond donors (Lipinski definition) is 1. The third-order valence-electron chi connectivity index (χ3n) is 3.85. The van der Waals surface area contributed by atoms with Gasteiger partial charge in [0.05, 0.1) is 14.2 Å². The molecule has 0 aromatic heterocycles.